The van der Waals surface area contributed by atoms with E-state index < -0.39 is 0 Å². The van der Waals surface area contributed by atoms with Crippen LogP contribution in [0.25, 0.3) is 0 Å². The predicted molar refractivity (Wildman–Crippen MR) is 92.7 cm³/mol. The Morgan fingerprint density at radius 1 is 1.10 bits per heavy atom. The van der Waals surface area contributed by atoms with Gasteiger partial charge in [-0.25, -0.2) is 0 Å². The Kier molecular flexibility index (Phi) is 5.66. The average molecular weight is 303 g/mol. The first-order valence-corrected chi connectivity index (χ1v) is 7.79. The summed E-state index contributed by atoms with van der Waals surface area (Å²) in [5.74, 6) is 0. The molecule has 2 rings (SSSR count). The molecule has 0 aliphatic heterocycles. The molecule has 0 unspecified atom stereocenters. The lowest BCUT2D eigenvalue weighted by atomic mass is 10.1. The van der Waals surface area contributed by atoms with Crippen LogP contribution in [0.15, 0.2) is 42.5 Å². The SMILES string of the molecule is CCCNCc1ccc(N(C)c2ccc(C)cc2)c(Cl)c1. The van der Waals surface area contributed by atoms with Crippen LogP contribution in [-0.2, 0) is 6.54 Å². The molecule has 2 aromatic rings. The molecule has 0 aliphatic rings. The molecule has 0 fully saturated rings. The zero-order valence-electron chi connectivity index (χ0n) is 13.0. The van der Waals surface area contributed by atoms with Gasteiger partial charge in [-0.3, -0.25) is 0 Å². The van der Waals surface area contributed by atoms with Crippen molar-refractivity contribution in [3.8, 4) is 0 Å². The van der Waals surface area contributed by atoms with Crippen LogP contribution in [0.2, 0.25) is 5.02 Å². The average Bonchev–Trinajstić information content (AvgIpc) is 2.48. The topological polar surface area (TPSA) is 15.3 Å². The van der Waals surface area contributed by atoms with Gasteiger partial charge < -0.3 is 10.2 Å². The van der Waals surface area contributed by atoms with Gasteiger partial charge in [0.2, 0.25) is 0 Å². The van der Waals surface area contributed by atoms with Gasteiger partial charge in [-0.1, -0.05) is 42.3 Å². The zero-order chi connectivity index (χ0) is 15.2. The molecule has 0 amide bonds. The van der Waals surface area contributed by atoms with Crippen molar-refractivity contribution in [3.05, 3.63) is 58.6 Å². The molecule has 0 saturated heterocycles. The van der Waals surface area contributed by atoms with Crippen LogP contribution in [0.5, 0.6) is 0 Å². The fourth-order valence-electron chi connectivity index (χ4n) is 2.25. The number of hydrogen-bond donors (Lipinski definition) is 1. The summed E-state index contributed by atoms with van der Waals surface area (Å²) >= 11 is 6.45. The van der Waals surface area contributed by atoms with Crippen LogP contribution in [0, 0.1) is 6.92 Å². The van der Waals surface area contributed by atoms with Crippen molar-refractivity contribution in [3.63, 3.8) is 0 Å². The first kappa shape index (κ1) is 15.9. The standard InChI is InChI=1S/C18H23ClN2/c1-4-11-20-13-15-7-10-18(17(19)12-15)21(3)16-8-5-14(2)6-9-16/h5-10,12,20H,4,11,13H2,1-3H3. The van der Waals surface area contributed by atoms with E-state index in [1.54, 1.807) is 0 Å². The first-order valence-electron chi connectivity index (χ1n) is 7.41. The summed E-state index contributed by atoms with van der Waals surface area (Å²) in [5.41, 5.74) is 4.64. The lowest BCUT2D eigenvalue weighted by Crippen LogP contribution is -2.14. The van der Waals surface area contributed by atoms with Crippen LogP contribution >= 0.6 is 11.6 Å². The van der Waals surface area contributed by atoms with Crippen LogP contribution in [-0.4, -0.2) is 13.6 Å². The maximum Gasteiger partial charge on any atom is 0.0646 e. The van der Waals surface area contributed by atoms with Crippen LogP contribution in [0.3, 0.4) is 0 Å². The molecule has 0 bridgehead atoms. The van der Waals surface area contributed by atoms with E-state index >= 15 is 0 Å². The molecule has 2 nitrogen and oxygen atoms in total. The monoisotopic (exact) mass is 302 g/mol. The van der Waals surface area contributed by atoms with Crippen LogP contribution in [0.4, 0.5) is 11.4 Å². The minimum atomic E-state index is 0.786. The summed E-state index contributed by atoms with van der Waals surface area (Å²) in [6, 6.07) is 14.7. The lowest BCUT2D eigenvalue weighted by molar-refractivity contribution is 0.675. The van der Waals surface area contributed by atoms with E-state index in [1.807, 2.05) is 13.1 Å². The van der Waals surface area contributed by atoms with E-state index in [0.29, 0.717) is 0 Å². The molecule has 1 N–H and O–H groups in total. The highest BCUT2D eigenvalue weighted by Gasteiger charge is 2.08. The summed E-state index contributed by atoms with van der Waals surface area (Å²) in [5, 5.41) is 4.18. The third-order valence-corrected chi connectivity index (χ3v) is 3.85. The number of halogens is 1. The summed E-state index contributed by atoms with van der Waals surface area (Å²) < 4.78 is 0. The van der Waals surface area contributed by atoms with E-state index in [9.17, 15) is 0 Å². The molecule has 21 heavy (non-hydrogen) atoms. The summed E-state index contributed by atoms with van der Waals surface area (Å²) in [6.45, 7) is 6.15. The first-order chi connectivity index (χ1) is 10.1. The van der Waals surface area contributed by atoms with Crippen molar-refractivity contribution in [2.45, 2.75) is 26.8 Å². The van der Waals surface area contributed by atoms with E-state index in [0.717, 1.165) is 35.9 Å². The van der Waals surface area contributed by atoms with Gasteiger partial charge in [0.25, 0.3) is 0 Å². The summed E-state index contributed by atoms with van der Waals surface area (Å²) in [6.07, 6.45) is 1.14. The largest absolute Gasteiger partial charge is 0.343 e. The Balaban J connectivity index is 2.14. The summed E-state index contributed by atoms with van der Waals surface area (Å²) in [7, 11) is 2.04. The van der Waals surface area contributed by atoms with Gasteiger partial charge in [-0.15, -0.1) is 0 Å². The predicted octanol–water partition coefficient (Wildman–Crippen LogP) is 4.92. The van der Waals surface area contributed by atoms with Crippen molar-refractivity contribution in [1.29, 1.82) is 0 Å². The number of anilines is 2. The molecule has 0 spiro atoms. The minimum Gasteiger partial charge on any atom is -0.343 e. The van der Waals surface area contributed by atoms with Crippen LogP contribution < -0.4 is 10.2 Å². The number of hydrogen-bond acceptors (Lipinski definition) is 2. The second kappa shape index (κ2) is 7.48. The highest BCUT2D eigenvalue weighted by Crippen LogP contribution is 2.31. The van der Waals surface area contributed by atoms with E-state index in [1.165, 1.54) is 11.1 Å². The van der Waals surface area contributed by atoms with E-state index in [2.05, 4.69) is 60.5 Å². The van der Waals surface area contributed by atoms with Crippen molar-refractivity contribution < 1.29 is 0 Å². The minimum absolute atomic E-state index is 0.786. The smallest absolute Gasteiger partial charge is 0.0646 e. The third kappa shape index (κ3) is 4.23. The van der Waals surface area contributed by atoms with Gasteiger partial charge in [0, 0.05) is 19.3 Å². The Labute approximate surface area is 132 Å². The Bertz CT molecular complexity index is 578. The zero-order valence-corrected chi connectivity index (χ0v) is 13.7. The molecule has 0 atom stereocenters. The number of benzene rings is 2. The highest BCUT2D eigenvalue weighted by atomic mass is 35.5. The fourth-order valence-corrected chi connectivity index (χ4v) is 2.58. The van der Waals surface area contributed by atoms with Gasteiger partial charge in [-0.2, -0.15) is 0 Å². The molecule has 112 valence electrons. The second-order valence-electron chi connectivity index (χ2n) is 5.36. The normalized spacial score (nSPS) is 10.7. The maximum absolute atomic E-state index is 6.45. The molecule has 0 saturated carbocycles. The molecule has 3 heteroatoms. The third-order valence-electron chi connectivity index (χ3n) is 3.55. The fraction of sp³-hybridized carbons (Fsp3) is 0.333. The Morgan fingerprint density at radius 3 is 2.43 bits per heavy atom. The van der Waals surface area contributed by atoms with Crippen molar-refractivity contribution in [1.82, 2.24) is 5.32 Å². The molecular formula is C18H23ClN2. The molecule has 0 aliphatic carbocycles. The number of rotatable bonds is 6. The van der Waals surface area contributed by atoms with Gasteiger partial charge >= 0.3 is 0 Å². The molecule has 0 aromatic heterocycles. The Hall–Kier alpha value is -1.51. The molecular weight excluding hydrogens is 280 g/mol. The number of nitrogens with one attached hydrogen (secondary N) is 1. The highest BCUT2D eigenvalue weighted by molar-refractivity contribution is 6.33. The van der Waals surface area contributed by atoms with Gasteiger partial charge in [0.1, 0.15) is 0 Å². The van der Waals surface area contributed by atoms with Gasteiger partial charge in [-0.05, 0) is 49.7 Å². The summed E-state index contributed by atoms with van der Waals surface area (Å²) in [4.78, 5) is 2.12. The quantitative estimate of drug-likeness (QED) is 0.762. The molecule has 0 radical (unpaired) electrons. The van der Waals surface area contributed by atoms with Crippen LogP contribution in [0.1, 0.15) is 24.5 Å². The van der Waals surface area contributed by atoms with E-state index in [4.69, 9.17) is 11.6 Å². The van der Waals surface area contributed by atoms with Crippen molar-refractivity contribution in [2.75, 3.05) is 18.5 Å². The lowest BCUT2D eigenvalue weighted by Gasteiger charge is -2.21. The van der Waals surface area contributed by atoms with Gasteiger partial charge in [0.15, 0.2) is 0 Å². The molecule has 0 heterocycles. The van der Waals surface area contributed by atoms with E-state index in [-0.39, 0.29) is 0 Å². The number of aryl methyl sites for hydroxylation is 1. The Morgan fingerprint density at radius 2 is 1.81 bits per heavy atom. The number of nitrogens with zero attached hydrogens (tertiary/aromatic N) is 1. The van der Waals surface area contributed by atoms with Gasteiger partial charge in [0.05, 0.1) is 10.7 Å². The molecule has 2 aromatic carbocycles. The van der Waals surface area contributed by atoms with Crippen molar-refractivity contribution in [2.24, 2.45) is 0 Å². The maximum atomic E-state index is 6.45. The second-order valence-corrected chi connectivity index (χ2v) is 5.76. The van der Waals surface area contributed by atoms with Crippen molar-refractivity contribution >= 4 is 23.0 Å².